The number of aliphatic hydroxyl groups excluding tert-OH is 2. The zero-order valence-corrected chi connectivity index (χ0v) is 23.8. The Balaban J connectivity index is 2.22. The molecule has 3 amide bonds. The predicted molar refractivity (Wildman–Crippen MR) is 130 cm³/mol. The zero-order chi connectivity index (χ0) is 30.5. The van der Waals surface area contributed by atoms with Gasteiger partial charge >= 0.3 is 25.8 Å². The molecule has 19 heteroatoms. The van der Waals surface area contributed by atoms with Crippen LogP contribution in [0.15, 0.2) is 5.11 Å². The van der Waals surface area contributed by atoms with E-state index < -0.39 is 86.9 Å². The van der Waals surface area contributed by atoms with Crippen molar-refractivity contribution in [3.8, 4) is 0 Å². The fourth-order valence-electron chi connectivity index (χ4n) is 3.15. The first-order chi connectivity index (χ1) is 18.3. The van der Waals surface area contributed by atoms with Gasteiger partial charge in [-0.05, 0) is 47.1 Å². The predicted octanol–water partition coefficient (Wildman–Crippen LogP) is 1.26. The van der Waals surface area contributed by atoms with Crippen LogP contribution in [0.25, 0.3) is 10.4 Å². The van der Waals surface area contributed by atoms with Crippen LogP contribution in [-0.2, 0) is 46.7 Å². The van der Waals surface area contributed by atoms with Gasteiger partial charge in [-0.2, -0.15) is 0 Å². The Morgan fingerprint density at radius 3 is 2.08 bits per heavy atom. The second-order valence-electron chi connectivity index (χ2n) is 10.9. The number of amides is 3. The van der Waals surface area contributed by atoms with E-state index in [9.17, 15) is 34.0 Å². The number of carbonyl (C=O) groups is 4. The number of rotatable bonds is 11. The maximum atomic E-state index is 13.3. The SMILES string of the molecule is CC(C)(C)C(=O)OCOP(=O)(OCOC(=O)C(C)(C)C)OC[C@@]1(N=[N+]=[N-])O[C@@H](N2CCC(=O)NC2=O)C(O)[C@H]1O. The van der Waals surface area contributed by atoms with Crippen LogP contribution >= 0.6 is 7.82 Å². The highest BCUT2D eigenvalue weighted by Gasteiger charge is 2.58. The number of carbonyl (C=O) groups excluding carboxylic acids is 4. The first-order valence-electron chi connectivity index (χ1n) is 11.9. The van der Waals surface area contributed by atoms with Crippen molar-refractivity contribution in [2.75, 3.05) is 26.7 Å². The Morgan fingerprint density at radius 2 is 1.62 bits per heavy atom. The molecular weight excluding hydrogens is 561 g/mol. The van der Waals surface area contributed by atoms with Crippen molar-refractivity contribution in [1.29, 1.82) is 0 Å². The van der Waals surface area contributed by atoms with Gasteiger partial charge in [0.25, 0.3) is 0 Å². The molecule has 2 saturated heterocycles. The Kier molecular flexibility index (Phi) is 10.7. The van der Waals surface area contributed by atoms with Gasteiger partial charge < -0.3 is 24.4 Å². The van der Waals surface area contributed by atoms with Crippen LogP contribution in [0.2, 0.25) is 0 Å². The van der Waals surface area contributed by atoms with Gasteiger partial charge in [-0.3, -0.25) is 29.1 Å². The number of nitrogens with one attached hydrogen (secondary N) is 1. The van der Waals surface area contributed by atoms with E-state index in [2.05, 4.69) is 10.0 Å². The second-order valence-corrected chi connectivity index (χ2v) is 12.5. The summed E-state index contributed by atoms with van der Waals surface area (Å²) in [7, 11) is -4.82. The molecule has 2 aliphatic heterocycles. The molecule has 0 aromatic carbocycles. The molecule has 40 heavy (non-hydrogen) atoms. The van der Waals surface area contributed by atoms with Gasteiger partial charge in [-0.25, -0.2) is 18.4 Å². The lowest BCUT2D eigenvalue weighted by Crippen LogP contribution is -2.56. The summed E-state index contributed by atoms with van der Waals surface area (Å²) in [5.41, 5.74) is 4.75. The minimum absolute atomic E-state index is 0.142. The second kappa shape index (κ2) is 12.8. The molecule has 3 N–H and O–H groups in total. The van der Waals surface area contributed by atoms with E-state index in [0.29, 0.717) is 0 Å². The number of imide groups is 1. The number of phosphoric ester groups is 1. The molecule has 18 nitrogen and oxygen atoms in total. The molecule has 0 bridgehead atoms. The maximum Gasteiger partial charge on any atom is 0.480 e. The molecule has 0 spiro atoms. The normalized spacial score (nSPS) is 25.7. The molecule has 0 radical (unpaired) electrons. The third-order valence-electron chi connectivity index (χ3n) is 5.47. The van der Waals surface area contributed by atoms with Crippen LogP contribution in [0.3, 0.4) is 0 Å². The summed E-state index contributed by atoms with van der Waals surface area (Å²) in [6.45, 7) is 6.15. The highest BCUT2D eigenvalue weighted by atomic mass is 31.2. The molecule has 0 saturated carbocycles. The lowest BCUT2D eigenvalue weighted by atomic mass is 9.98. The summed E-state index contributed by atoms with van der Waals surface area (Å²) in [6, 6.07) is -0.941. The Bertz CT molecular complexity index is 1050. The minimum Gasteiger partial charge on any atom is -0.437 e. The topological polar surface area (TPSA) is 245 Å². The van der Waals surface area contributed by atoms with Crippen LogP contribution in [0.5, 0.6) is 0 Å². The number of hydrogen-bond donors (Lipinski definition) is 3. The van der Waals surface area contributed by atoms with Crippen LogP contribution in [0, 0.1) is 10.8 Å². The number of ether oxygens (including phenoxy) is 3. The van der Waals surface area contributed by atoms with E-state index in [1.54, 1.807) is 41.5 Å². The van der Waals surface area contributed by atoms with E-state index >= 15 is 0 Å². The number of esters is 2. The Hall–Kier alpha value is -2.82. The number of hydrogen-bond acceptors (Lipinski definition) is 14. The van der Waals surface area contributed by atoms with Crippen molar-refractivity contribution in [2.45, 2.75) is 72.1 Å². The molecule has 226 valence electrons. The van der Waals surface area contributed by atoms with Gasteiger partial charge in [0.05, 0.1) is 17.4 Å². The van der Waals surface area contributed by atoms with E-state index in [4.69, 9.17) is 33.3 Å². The number of nitrogens with zero attached hydrogens (tertiary/aromatic N) is 4. The van der Waals surface area contributed by atoms with E-state index in [1.807, 2.05) is 5.32 Å². The summed E-state index contributed by atoms with van der Waals surface area (Å²) in [5, 5.41) is 26.6. The average molecular weight is 595 g/mol. The molecule has 2 heterocycles. The molecule has 1 unspecified atom stereocenters. The first-order valence-corrected chi connectivity index (χ1v) is 13.4. The summed E-state index contributed by atoms with van der Waals surface area (Å²) >= 11 is 0. The van der Waals surface area contributed by atoms with Crippen LogP contribution in [-0.4, -0.2) is 89.9 Å². The van der Waals surface area contributed by atoms with Gasteiger partial charge in [0.15, 0.2) is 6.23 Å². The van der Waals surface area contributed by atoms with E-state index in [1.165, 1.54) is 0 Å². The molecule has 2 rings (SSSR count). The fourth-order valence-corrected chi connectivity index (χ4v) is 4.08. The number of aliphatic hydroxyl groups is 2. The molecule has 0 aliphatic carbocycles. The number of urea groups is 1. The van der Waals surface area contributed by atoms with Crippen molar-refractivity contribution < 1.29 is 61.7 Å². The number of phosphoric acid groups is 1. The summed E-state index contributed by atoms with van der Waals surface area (Å²) in [5.74, 6) is -2.04. The molecular formula is C21H34N5O13P. The molecule has 4 atom stereocenters. The highest BCUT2D eigenvalue weighted by molar-refractivity contribution is 7.48. The van der Waals surface area contributed by atoms with Crippen molar-refractivity contribution >= 4 is 31.7 Å². The lowest BCUT2D eigenvalue weighted by molar-refractivity contribution is -0.165. The Morgan fingerprint density at radius 1 is 1.10 bits per heavy atom. The molecule has 2 fully saturated rings. The third-order valence-corrected chi connectivity index (χ3v) is 6.76. The maximum absolute atomic E-state index is 13.3. The summed E-state index contributed by atoms with van der Waals surface area (Å²) < 4.78 is 43.9. The summed E-state index contributed by atoms with van der Waals surface area (Å²) in [6.07, 6.45) is -5.66. The third kappa shape index (κ3) is 8.34. The molecule has 2 aliphatic rings. The van der Waals surface area contributed by atoms with Crippen molar-refractivity contribution in [3.63, 3.8) is 0 Å². The van der Waals surface area contributed by atoms with Crippen LogP contribution in [0.1, 0.15) is 48.0 Å². The molecule has 0 aromatic rings. The van der Waals surface area contributed by atoms with Gasteiger partial charge in [0.1, 0.15) is 12.2 Å². The largest absolute Gasteiger partial charge is 0.480 e. The van der Waals surface area contributed by atoms with Crippen molar-refractivity contribution in [1.82, 2.24) is 10.2 Å². The quantitative estimate of drug-likeness (QED) is 0.0761. The van der Waals surface area contributed by atoms with E-state index in [-0.39, 0.29) is 13.0 Å². The van der Waals surface area contributed by atoms with Crippen LogP contribution in [0.4, 0.5) is 4.79 Å². The van der Waals surface area contributed by atoms with Crippen LogP contribution < -0.4 is 5.32 Å². The average Bonchev–Trinajstić information content (AvgIpc) is 3.07. The standard InChI is InChI=1S/C21H34N5O13P/c1-19(2,3)16(30)34-10-37-40(33,38-11-35-17(31)20(4,5)6)36-9-21(24-25-22)14(29)13(28)15(39-21)26-8-7-12(27)23-18(26)32/h13-15,28-29H,7-11H2,1-6H3,(H,23,27,32)/t13?,14-,15-,21-/m1/s1. The van der Waals surface area contributed by atoms with E-state index in [0.717, 1.165) is 4.90 Å². The highest BCUT2D eigenvalue weighted by Crippen LogP contribution is 2.51. The zero-order valence-electron chi connectivity index (χ0n) is 22.9. The number of azide groups is 1. The van der Waals surface area contributed by atoms with Gasteiger partial charge in [-0.15, -0.1) is 0 Å². The van der Waals surface area contributed by atoms with Gasteiger partial charge in [0, 0.05) is 17.9 Å². The monoisotopic (exact) mass is 595 g/mol. The van der Waals surface area contributed by atoms with Gasteiger partial charge in [0.2, 0.25) is 25.2 Å². The minimum atomic E-state index is -4.82. The fraction of sp³-hybridized carbons (Fsp3) is 0.810. The Labute approximate surface area is 229 Å². The molecule has 0 aromatic heterocycles. The van der Waals surface area contributed by atoms with Gasteiger partial charge in [-0.1, -0.05) is 5.11 Å². The first kappa shape index (κ1) is 33.4. The van der Waals surface area contributed by atoms with Crippen molar-refractivity contribution in [2.24, 2.45) is 15.9 Å². The summed E-state index contributed by atoms with van der Waals surface area (Å²) in [4.78, 5) is 51.3. The van der Waals surface area contributed by atoms with Crippen molar-refractivity contribution in [3.05, 3.63) is 10.4 Å². The smallest absolute Gasteiger partial charge is 0.437 e. The lowest BCUT2D eigenvalue weighted by Gasteiger charge is -2.33.